The van der Waals surface area contributed by atoms with Gasteiger partial charge in [0.05, 0.1) is 5.39 Å². The zero-order chi connectivity index (χ0) is 17.2. The lowest BCUT2D eigenvalue weighted by Gasteiger charge is -2.03. The molecule has 0 bridgehead atoms. The Bertz CT molecular complexity index is 1010. The molecule has 3 heterocycles. The van der Waals surface area contributed by atoms with Crippen LogP contribution in [0, 0.1) is 5.82 Å². The van der Waals surface area contributed by atoms with Gasteiger partial charge in [-0.25, -0.2) is 14.4 Å². The summed E-state index contributed by atoms with van der Waals surface area (Å²) in [4.78, 5) is 9.72. The topological polar surface area (TPSA) is 51.6 Å². The van der Waals surface area contributed by atoms with Crippen LogP contribution < -0.4 is 0 Å². The molecule has 9 heteroatoms. The number of hydrogen-bond donors (Lipinski definition) is 0. The number of thioether (sulfide) groups is 1. The molecule has 4 nitrogen and oxygen atoms in total. The Kier molecular flexibility index (Phi) is 4.98. The van der Waals surface area contributed by atoms with E-state index in [-0.39, 0.29) is 5.82 Å². The average molecular weight is 407 g/mol. The normalized spacial score (nSPS) is 11.3. The van der Waals surface area contributed by atoms with Gasteiger partial charge in [0.1, 0.15) is 22.0 Å². The third-order valence-electron chi connectivity index (χ3n) is 3.33. The SMILES string of the molecule is CCSc1nnc(Sc2ncnc3scc(-c4ccc(F)cc4)c23)s1. The largest absolute Gasteiger partial charge is 0.229 e. The fraction of sp³-hybridized carbons (Fsp3) is 0.125. The van der Waals surface area contributed by atoms with Crippen molar-refractivity contribution in [3.63, 3.8) is 0 Å². The quantitative estimate of drug-likeness (QED) is 0.317. The van der Waals surface area contributed by atoms with Gasteiger partial charge in [-0.05, 0) is 35.2 Å². The number of rotatable bonds is 5. The number of halogens is 1. The molecule has 0 fully saturated rings. The van der Waals surface area contributed by atoms with Crippen molar-refractivity contribution in [3.8, 4) is 11.1 Å². The van der Waals surface area contributed by atoms with E-state index in [0.717, 1.165) is 40.8 Å². The van der Waals surface area contributed by atoms with E-state index in [1.807, 2.05) is 5.38 Å². The van der Waals surface area contributed by atoms with Crippen LogP contribution in [0.5, 0.6) is 0 Å². The molecule has 0 aliphatic rings. The van der Waals surface area contributed by atoms with Crippen LogP contribution in [0.2, 0.25) is 0 Å². The minimum absolute atomic E-state index is 0.246. The number of hydrogen-bond acceptors (Lipinski definition) is 8. The van der Waals surface area contributed by atoms with E-state index in [9.17, 15) is 4.39 Å². The molecule has 4 rings (SSSR count). The van der Waals surface area contributed by atoms with Crippen LogP contribution in [0.3, 0.4) is 0 Å². The zero-order valence-electron chi connectivity index (χ0n) is 13.0. The summed E-state index contributed by atoms with van der Waals surface area (Å²) >= 11 is 6.29. The molecule has 0 saturated carbocycles. The van der Waals surface area contributed by atoms with Gasteiger partial charge in [0, 0.05) is 10.9 Å². The summed E-state index contributed by atoms with van der Waals surface area (Å²) in [6.07, 6.45) is 1.57. The minimum Gasteiger partial charge on any atom is -0.229 e. The van der Waals surface area contributed by atoms with Gasteiger partial charge in [-0.1, -0.05) is 42.2 Å². The lowest BCUT2D eigenvalue weighted by atomic mass is 10.1. The van der Waals surface area contributed by atoms with Gasteiger partial charge in [0.2, 0.25) is 0 Å². The molecule has 0 amide bonds. The maximum Gasteiger partial charge on any atom is 0.181 e. The number of fused-ring (bicyclic) bond motifs is 1. The van der Waals surface area contributed by atoms with Crippen LogP contribution in [0.15, 0.2) is 49.7 Å². The molecule has 25 heavy (non-hydrogen) atoms. The van der Waals surface area contributed by atoms with Crippen molar-refractivity contribution in [2.24, 2.45) is 0 Å². The molecule has 0 aliphatic heterocycles. The predicted molar refractivity (Wildman–Crippen MR) is 103 cm³/mol. The first-order valence-corrected chi connectivity index (χ1v) is 10.9. The molecule has 0 atom stereocenters. The molecular formula is C16H11FN4S4. The first kappa shape index (κ1) is 16.9. The maximum absolute atomic E-state index is 13.2. The van der Waals surface area contributed by atoms with Gasteiger partial charge in [-0.3, -0.25) is 0 Å². The number of benzene rings is 1. The maximum atomic E-state index is 13.2. The Balaban J connectivity index is 1.75. The second kappa shape index (κ2) is 7.36. The third kappa shape index (κ3) is 3.55. The molecule has 3 aromatic heterocycles. The monoisotopic (exact) mass is 406 g/mol. The Labute approximate surface area is 159 Å². The van der Waals surface area contributed by atoms with E-state index in [4.69, 9.17) is 0 Å². The van der Waals surface area contributed by atoms with E-state index in [2.05, 4.69) is 27.1 Å². The molecule has 0 N–H and O–H groups in total. The smallest absolute Gasteiger partial charge is 0.181 e. The summed E-state index contributed by atoms with van der Waals surface area (Å²) in [5, 5.41) is 12.3. The van der Waals surface area contributed by atoms with Crippen molar-refractivity contribution in [3.05, 3.63) is 41.8 Å². The minimum atomic E-state index is -0.246. The zero-order valence-corrected chi connectivity index (χ0v) is 16.2. The molecule has 0 unspecified atom stereocenters. The van der Waals surface area contributed by atoms with E-state index >= 15 is 0 Å². The van der Waals surface area contributed by atoms with Crippen molar-refractivity contribution in [1.82, 2.24) is 20.2 Å². The van der Waals surface area contributed by atoms with Gasteiger partial charge < -0.3 is 0 Å². The highest BCUT2D eigenvalue weighted by molar-refractivity contribution is 8.03. The standard InChI is InChI=1S/C16H11FN4S4/c1-2-22-15-20-21-16(25-15)24-14-12-11(7-23-13(12)18-8-19-14)9-3-5-10(17)6-4-9/h3-8H,2H2,1H3. The Morgan fingerprint density at radius 2 is 1.88 bits per heavy atom. The van der Waals surface area contributed by atoms with E-state index in [0.29, 0.717) is 0 Å². The van der Waals surface area contributed by atoms with Gasteiger partial charge in [0.15, 0.2) is 8.68 Å². The van der Waals surface area contributed by atoms with Crippen LogP contribution in [-0.4, -0.2) is 25.9 Å². The fourth-order valence-corrected chi connectivity index (χ4v) is 6.19. The third-order valence-corrected chi connectivity index (χ3v) is 7.21. The highest BCUT2D eigenvalue weighted by Gasteiger charge is 2.16. The van der Waals surface area contributed by atoms with Crippen molar-refractivity contribution in [1.29, 1.82) is 0 Å². The molecule has 4 aromatic rings. The molecule has 0 aliphatic carbocycles. The van der Waals surface area contributed by atoms with Crippen molar-refractivity contribution in [2.75, 3.05) is 5.75 Å². The molecule has 0 saturated heterocycles. The van der Waals surface area contributed by atoms with Crippen molar-refractivity contribution < 1.29 is 4.39 Å². The Morgan fingerprint density at radius 1 is 1.08 bits per heavy atom. The Morgan fingerprint density at radius 3 is 2.68 bits per heavy atom. The lowest BCUT2D eigenvalue weighted by molar-refractivity contribution is 0.628. The van der Waals surface area contributed by atoms with Crippen molar-refractivity contribution in [2.45, 2.75) is 20.6 Å². The van der Waals surface area contributed by atoms with Crippen LogP contribution in [0.25, 0.3) is 21.3 Å². The molecular weight excluding hydrogens is 395 g/mol. The lowest BCUT2D eigenvalue weighted by Crippen LogP contribution is -1.86. The summed E-state index contributed by atoms with van der Waals surface area (Å²) in [6.45, 7) is 2.09. The average Bonchev–Trinajstić information content (AvgIpc) is 3.24. The van der Waals surface area contributed by atoms with E-state index in [1.165, 1.54) is 23.9 Å². The first-order valence-electron chi connectivity index (χ1n) is 7.37. The summed E-state index contributed by atoms with van der Waals surface area (Å²) in [7, 11) is 0. The number of aromatic nitrogens is 4. The van der Waals surface area contributed by atoms with Crippen LogP contribution in [0.1, 0.15) is 6.92 Å². The van der Waals surface area contributed by atoms with Gasteiger partial charge in [-0.2, -0.15) is 0 Å². The fourth-order valence-electron chi connectivity index (χ4n) is 2.27. The van der Waals surface area contributed by atoms with Gasteiger partial charge in [0.25, 0.3) is 0 Å². The highest BCUT2D eigenvalue weighted by atomic mass is 32.2. The summed E-state index contributed by atoms with van der Waals surface area (Å²) in [5.41, 5.74) is 1.96. The first-order chi connectivity index (χ1) is 12.2. The predicted octanol–water partition coefficient (Wildman–Crippen LogP) is 5.61. The second-order valence-electron chi connectivity index (χ2n) is 4.88. The molecule has 0 spiro atoms. The number of thiophene rings is 1. The summed E-state index contributed by atoms with van der Waals surface area (Å²) < 4.78 is 15.0. The molecule has 1 aromatic carbocycles. The Hall–Kier alpha value is -1.55. The van der Waals surface area contributed by atoms with E-state index in [1.54, 1.807) is 52.9 Å². The van der Waals surface area contributed by atoms with Crippen LogP contribution in [-0.2, 0) is 0 Å². The van der Waals surface area contributed by atoms with Crippen molar-refractivity contribution >= 4 is 56.4 Å². The van der Waals surface area contributed by atoms with E-state index < -0.39 is 0 Å². The molecule has 126 valence electrons. The second-order valence-corrected chi connectivity index (χ2v) is 9.47. The summed E-state index contributed by atoms with van der Waals surface area (Å²) in [6, 6.07) is 6.49. The molecule has 0 radical (unpaired) electrons. The van der Waals surface area contributed by atoms with Gasteiger partial charge >= 0.3 is 0 Å². The van der Waals surface area contributed by atoms with Crippen LogP contribution in [0.4, 0.5) is 4.39 Å². The summed E-state index contributed by atoms with van der Waals surface area (Å²) in [5.74, 6) is 0.722. The highest BCUT2D eigenvalue weighted by Crippen LogP contribution is 2.41. The van der Waals surface area contributed by atoms with Crippen LogP contribution >= 0.6 is 46.2 Å². The van der Waals surface area contributed by atoms with Gasteiger partial charge in [-0.15, -0.1) is 21.5 Å². The number of nitrogens with zero attached hydrogens (tertiary/aromatic N) is 4.